The SMILES string of the molecule is CCOc1cccc(CN2C(=O)C(=O)/C(=C(\O)c3cccc(OCC(C)C)c3)C2c2ccc(N(C)C)cc2)c1. The van der Waals surface area contributed by atoms with Crippen molar-refractivity contribution in [2.24, 2.45) is 5.92 Å². The molecule has 39 heavy (non-hydrogen) atoms. The van der Waals surface area contributed by atoms with E-state index >= 15 is 0 Å². The summed E-state index contributed by atoms with van der Waals surface area (Å²) in [5.41, 5.74) is 3.01. The van der Waals surface area contributed by atoms with Gasteiger partial charge in [-0.05, 0) is 60.4 Å². The number of nitrogens with zero attached hydrogens (tertiary/aromatic N) is 2. The number of hydrogen-bond acceptors (Lipinski definition) is 6. The van der Waals surface area contributed by atoms with Crippen LogP contribution in [0.3, 0.4) is 0 Å². The van der Waals surface area contributed by atoms with E-state index in [4.69, 9.17) is 9.47 Å². The summed E-state index contributed by atoms with van der Waals surface area (Å²) in [6, 6.07) is 21.3. The molecule has 1 amide bonds. The minimum Gasteiger partial charge on any atom is -0.507 e. The van der Waals surface area contributed by atoms with Gasteiger partial charge in [-0.2, -0.15) is 0 Å². The Hall–Kier alpha value is -4.26. The molecule has 0 aromatic heterocycles. The van der Waals surface area contributed by atoms with Gasteiger partial charge in [0.15, 0.2) is 0 Å². The predicted molar refractivity (Wildman–Crippen MR) is 153 cm³/mol. The second-order valence-corrected chi connectivity index (χ2v) is 10.2. The van der Waals surface area contributed by atoms with Crippen molar-refractivity contribution in [1.29, 1.82) is 0 Å². The van der Waals surface area contributed by atoms with E-state index in [1.807, 2.05) is 74.4 Å². The molecular formula is C32H36N2O5. The summed E-state index contributed by atoms with van der Waals surface area (Å²) >= 11 is 0. The molecule has 0 aliphatic carbocycles. The van der Waals surface area contributed by atoms with E-state index in [2.05, 4.69) is 13.8 Å². The van der Waals surface area contributed by atoms with Gasteiger partial charge in [-0.1, -0.05) is 50.2 Å². The van der Waals surface area contributed by atoms with Crippen LogP contribution in [0, 0.1) is 5.92 Å². The molecule has 0 radical (unpaired) electrons. The third kappa shape index (κ3) is 6.25. The highest BCUT2D eigenvalue weighted by Gasteiger charge is 2.46. The first-order chi connectivity index (χ1) is 18.7. The minimum atomic E-state index is -0.766. The van der Waals surface area contributed by atoms with Gasteiger partial charge >= 0.3 is 0 Å². The van der Waals surface area contributed by atoms with E-state index in [-0.39, 0.29) is 17.9 Å². The average molecular weight is 529 g/mol. The van der Waals surface area contributed by atoms with E-state index < -0.39 is 17.7 Å². The molecule has 1 heterocycles. The van der Waals surface area contributed by atoms with Crippen LogP contribution in [0.5, 0.6) is 11.5 Å². The molecule has 4 rings (SSSR count). The maximum atomic E-state index is 13.5. The molecule has 1 atom stereocenters. The van der Waals surface area contributed by atoms with Gasteiger partial charge in [-0.25, -0.2) is 0 Å². The van der Waals surface area contributed by atoms with Crippen LogP contribution in [0.4, 0.5) is 5.69 Å². The summed E-state index contributed by atoms with van der Waals surface area (Å²) in [5.74, 6) is 0.00347. The number of aliphatic hydroxyl groups excluding tert-OH is 1. The number of hydrogen-bond donors (Lipinski definition) is 1. The van der Waals surface area contributed by atoms with Crippen LogP contribution < -0.4 is 14.4 Å². The average Bonchev–Trinajstić information content (AvgIpc) is 3.17. The van der Waals surface area contributed by atoms with E-state index in [0.717, 1.165) is 16.8 Å². The molecule has 204 valence electrons. The van der Waals surface area contributed by atoms with Gasteiger partial charge in [0.2, 0.25) is 0 Å². The van der Waals surface area contributed by atoms with Gasteiger partial charge in [0, 0.05) is 31.9 Å². The lowest BCUT2D eigenvalue weighted by molar-refractivity contribution is -0.140. The van der Waals surface area contributed by atoms with Crippen molar-refractivity contribution in [3.63, 3.8) is 0 Å². The highest BCUT2D eigenvalue weighted by molar-refractivity contribution is 6.46. The number of carbonyl (C=O) groups excluding carboxylic acids is 2. The lowest BCUT2D eigenvalue weighted by Gasteiger charge is -2.26. The van der Waals surface area contributed by atoms with Gasteiger partial charge in [0.25, 0.3) is 11.7 Å². The summed E-state index contributed by atoms with van der Waals surface area (Å²) in [7, 11) is 3.89. The maximum Gasteiger partial charge on any atom is 0.295 e. The van der Waals surface area contributed by atoms with Crippen molar-refractivity contribution in [2.75, 3.05) is 32.2 Å². The molecular weight excluding hydrogens is 492 g/mol. The van der Waals surface area contributed by atoms with Crippen LogP contribution in [0.25, 0.3) is 5.76 Å². The van der Waals surface area contributed by atoms with Crippen LogP contribution in [-0.2, 0) is 16.1 Å². The van der Waals surface area contributed by atoms with Gasteiger partial charge in [0.05, 0.1) is 24.8 Å². The third-order valence-electron chi connectivity index (χ3n) is 6.52. The van der Waals surface area contributed by atoms with Crippen LogP contribution in [0.2, 0.25) is 0 Å². The molecule has 7 nitrogen and oxygen atoms in total. The molecule has 1 aliphatic heterocycles. The number of rotatable bonds is 10. The molecule has 3 aromatic carbocycles. The van der Waals surface area contributed by atoms with Crippen molar-refractivity contribution in [1.82, 2.24) is 4.90 Å². The van der Waals surface area contributed by atoms with Gasteiger partial charge in [-0.3, -0.25) is 9.59 Å². The fourth-order valence-electron chi connectivity index (χ4n) is 4.59. The summed E-state index contributed by atoms with van der Waals surface area (Å²) in [6.45, 7) is 7.24. The Kier molecular flexibility index (Phi) is 8.59. The van der Waals surface area contributed by atoms with Crippen LogP contribution in [0.15, 0.2) is 78.4 Å². The highest BCUT2D eigenvalue weighted by Crippen LogP contribution is 2.41. The maximum absolute atomic E-state index is 13.5. The quantitative estimate of drug-likeness (QED) is 0.203. The molecule has 3 aromatic rings. The molecule has 7 heteroatoms. The zero-order valence-corrected chi connectivity index (χ0v) is 23.2. The van der Waals surface area contributed by atoms with Crippen molar-refractivity contribution < 1.29 is 24.2 Å². The van der Waals surface area contributed by atoms with E-state index in [0.29, 0.717) is 36.2 Å². The fraction of sp³-hybridized carbons (Fsp3) is 0.312. The van der Waals surface area contributed by atoms with Crippen LogP contribution in [-0.4, -0.2) is 49.0 Å². The Balaban J connectivity index is 1.79. The Labute approximate surface area is 230 Å². The summed E-state index contributed by atoms with van der Waals surface area (Å²) in [6.07, 6.45) is 0. The predicted octanol–water partition coefficient (Wildman–Crippen LogP) is 5.81. The largest absolute Gasteiger partial charge is 0.507 e. The molecule has 0 saturated carbocycles. The molecule has 1 aliphatic rings. The highest BCUT2D eigenvalue weighted by atomic mass is 16.5. The smallest absolute Gasteiger partial charge is 0.295 e. The van der Waals surface area contributed by atoms with Crippen molar-refractivity contribution >= 4 is 23.1 Å². The minimum absolute atomic E-state index is 0.0552. The number of likely N-dealkylation sites (tertiary alicyclic amines) is 1. The van der Waals surface area contributed by atoms with Crippen LogP contribution in [0.1, 0.15) is 43.5 Å². The number of aliphatic hydroxyl groups is 1. The van der Waals surface area contributed by atoms with Crippen molar-refractivity contribution in [3.05, 3.63) is 95.1 Å². The fourth-order valence-corrected chi connectivity index (χ4v) is 4.59. The number of ether oxygens (including phenoxy) is 2. The molecule has 1 saturated heterocycles. The molecule has 0 spiro atoms. The monoisotopic (exact) mass is 528 g/mol. The Morgan fingerprint density at radius 3 is 2.26 bits per heavy atom. The van der Waals surface area contributed by atoms with Crippen LogP contribution >= 0.6 is 0 Å². The number of amides is 1. The normalized spacial score (nSPS) is 16.6. The topological polar surface area (TPSA) is 79.3 Å². The number of ketones is 1. The third-order valence-corrected chi connectivity index (χ3v) is 6.52. The summed E-state index contributed by atoms with van der Waals surface area (Å²) in [5, 5.41) is 11.5. The first kappa shape index (κ1) is 27.8. The molecule has 1 unspecified atom stereocenters. The van der Waals surface area contributed by atoms with Crippen molar-refractivity contribution in [3.8, 4) is 11.5 Å². The summed E-state index contributed by atoms with van der Waals surface area (Å²) in [4.78, 5) is 30.4. The standard InChI is InChI=1S/C32H36N2O5/c1-6-38-26-11-7-9-22(17-26)19-34-29(23-13-15-25(16-14-23)33(4)5)28(31(36)32(34)37)30(35)24-10-8-12-27(18-24)39-20-21(2)3/h7-18,21,29,35H,6,19-20H2,1-5H3/b30-28-. The molecule has 1 fully saturated rings. The second kappa shape index (κ2) is 12.1. The first-order valence-corrected chi connectivity index (χ1v) is 13.2. The van der Waals surface area contributed by atoms with Crippen molar-refractivity contribution in [2.45, 2.75) is 33.4 Å². The Morgan fingerprint density at radius 2 is 1.62 bits per heavy atom. The van der Waals surface area contributed by atoms with E-state index in [9.17, 15) is 14.7 Å². The first-order valence-electron chi connectivity index (χ1n) is 13.2. The molecule has 1 N–H and O–H groups in total. The Morgan fingerprint density at radius 1 is 0.949 bits per heavy atom. The van der Waals surface area contributed by atoms with E-state index in [1.54, 1.807) is 24.3 Å². The zero-order chi connectivity index (χ0) is 28.1. The lowest BCUT2D eigenvalue weighted by atomic mass is 9.95. The Bertz CT molecular complexity index is 1360. The molecule has 0 bridgehead atoms. The van der Waals surface area contributed by atoms with Gasteiger partial charge in [-0.15, -0.1) is 0 Å². The van der Waals surface area contributed by atoms with Gasteiger partial charge in [0.1, 0.15) is 17.3 Å². The summed E-state index contributed by atoms with van der Waals surface area (Å²) < 4.78 is 11.5. The number of carbonyl (C=O) groups is 2. The number of anilines is 1. The number of Topliss-reactive ketones (excluding diaryl/α,β-unsaturated/α-hetero) is 1. The zero-order valence-electron chi connectivity index (χ0n) is 23.2. The number of benzene rings is 3. The van der Waals surface area contributed by atoms with E-state index in [1.165, 1.54) is 4.90 Å². The lowest BCUT2D eigenvalue weighted by Crippen LogP contribution is -2.29. The van der Waals surface area contributed by atoms with Gasteiger partial charge < -0.3 is 24.4 Å². The second-order valence-electron chi connectivity index (χ2n) is 10.2.